The molecule has 0 atom stereocenters. The van der Waals surface area contributed by atoms with Crippen LogP contribution in [0.3, 0.4) is 0 Å². The van der Waals surface area contributed by atoms with Crippen molar-refractivity contribution in [3.05, 3.63) is 47.5 Å². The number of carbonyl (C=O) groups excluding carboxylic acids is 1. The Kier molecular flexibility index (Phi) is 5.89. The summed E-state index contributed by atoms with van der Waals surface area (Å²) in [6, 6.07) is 8.51. The third-order valence-electron chi connectivity index (χ3n) is 3.63. The maximum absolute atomic E-state index is 12.5. The molecule has 25 heavy (non-hydrogen) atoms. The summed E-state index contributed by atoms with van der Waals surface area (Å²) in [4.78, 5) is 12.5. The Hall–Kier alpha value is -3.15. The van der Waals surface area contributed by atoms with Crippen LogP contribution in [0.2, 0.25) is 0 Å². The molecule has 0 aromatic heterocycles. The second kappa shape index (κ2) is 8.10. The van der Waals surface area contributed by atoms with E-state index in [9.17, 15) is 4.79 Å². The largest absolute Gasteiger partial charge is 0.495 e. The number of allylic oxidation sites excluding steroid dienone is 1. The lowest BCUT2D eigenvalue weighted by molar-refractivity contribution is 0.104. The number of ether oxygens (including phenoxy) is 4. The molecule has 0 saturated heterocycles. The Labute approximate surface area is 146 Å². The number of carbonyl (C=O) groups is 1. The first-order valence-corrected chi connectivity index (χ1v) is 7.50. The van der Waals surface area contributed by atoms with Crippen molar-refractivity contribution in [2.24, 2.45) is 0 Å². The zero-order valence-corrected chi connectivity index (χ0v) is 14.7. The van der Waals surface area contributed by atoms with E-state index in [1.807, 2.05) is 6.07 Å². The average molecular weight is 343 g/mol. The Balaban J connectivity index is 2.30. The van der Waals surface area contributed by atoms with Gasteiger partial charge in [0.25, 0.3) is 0 Å². The molecule has 2 rings (SSSR count). The van der Waals surface area contributed by atoms with E-state index in [-0.39, 0.29) is 5.78 Å². The van der Waals surface area contributed by atoms with Crippen molar-refractivity contribution < 1.29 is 23.7 Å². The van der Waals surface area contributed by atoms with Crippen molar-refractivity contribution in [2.45, 2.75) is 0 Å². The van der Waals surface area contributed by atoms with Crippen molar-refractivity contribution in [3.8, 4) is 23.0 Å². The van der Waals surface area contributed by atoms with Crippen LogP contribution >= 0.6 is 0 Å². The molecule has 0 amide bonds. The van der Waals surface area contributed by atoms with E-state index in [0.717, 1.165) is 5.56 Å². The standard InChI is InChI=1S/C19H21NO5/c1-22-16-8-6-12(9-14(16)20)5-7-15(21)13-10-17(23-2)19(25-4)18(11-13)24-3/h5-11H,20H2,1-4H3/b7-5+. The first-order valence-electron chi connectivity index (χ1n) is 7.50. The summed E-state index contributed by atoms with van der Waals surface area (Å²) in [6.45, 7) is 0. The van der Waals surface area contributed by atoms with Gasteiger partial charge in [-0.1, -0.05) is 12.1 Å². The molecule has 0 unspecified atom stereocenters. The zero-order valence-electron chi connectivity index (χ0n) is 14.7. The number of anilines is 1. The molecule has 0 spiro atoms. The Bertz CT molecular complexity index is 773. The van der Waals surface area contributed by atoms with Gasteiger partial charge < -0.3 is 24.7 Å². The maximum Gasteiger partial charge on any atom is 0.203 e. The van der Waals surface area contributed by atoms with Crippen molar-refractivity contribution in [1.29, 1.82) is 0 Å². The molecule has 0 saturated carbocycles. The second-order valence-electron chi connectivity index (χ2n) is 5.11. The monoisotopic (exact) mass is 343 g/mol. The molecule has 2 N–H and O–H groups in total. The second-order valence-corrected chi connectivity index (χ2v) is 5.11. The predicted octanol–water partition coefficient (Wildman–Crippen LogP) is 3.20. The number of nitrogens with two attached hydrogens (primary N) is 1. The molecule has 0 bridgehead atoms. The Morgan fingerprint density at radius 2 is 1.48 bits per heavy atom. The lowest BCUT2D eigenvalue weighted by Crippen LogP contribution is -2.00. The number of benzene rings is 2. The van der Waals surface area contributed by atoms with Gasteiger partial charge in [0.2, 0.25) is 5.75 Å². The lowest BCUT2D eigenvalue weighted by atomic mass is 10.1. The number of ketones is 1. The maximum atomic E-state index is 12.5. The summed E-state index contributed by atoms with van der Waals surface area (Å²) < 4.78 is 20.9. The van der Waals surface area contributed by atoms with Crippen LogP contribution in [0, 0.1) is 0 Å². The van der Waals surface area contributed by atoms with Crippen molar-refractivity contribution in [3.63, 3.8) is 0 Å². The third kappa shape index (κ3) is 4.03. The highest BCUT2D eigenvalue weighted by atomic mass is 16.5. The van der Waals surface area contributed by atoms with Crippen LogP contribution in [0.25, 0.3) is 6.08 Å². The van der Waals surface area contributed by atoms with Gasteiger partial charge in [0, 0.05) is 5.56 Å². The summed E-state index contributed by atoms with van der Waals surface area (Å²) in [5, 5.41) is 0. The van der Waals surface area contributed by atoms with Crippen LogP contribution in [0.1, 0.15) is 15.9 Å². The molecule has 0 aliphatic rings. The Morgan fingerprint density at radius 3 is 1.96 bits per heavy atom. The fraction of sp³-hybridized carbons (Fsp3) is 0.211. The number of hydrogen-bond acceptors (Lipinski definition) is 6. The number of nitrogen functional groups attached to an aromatic ring is 1. The first kappa shape index (κ1) is 18.2. The highest BCUT2D eigenvalue weighted by Crippen LogP contribution is 2.38. The summed E-state index contributed by atoms with van der Waals surface area (Å²) in [5.41, 5.74) is 7.59. The normalized spacial score (nSPS) is 10.6. The summed E-state index contributed by atoms with van der Waals surface area (Å²) >= 11 is 0. The molecule has 0 aliphatic carbocycles. The summed E-state index contributed by atoms with van der Waals surface area (Å²) in [6.07, 6.45) is 3.14. The van der Waals surface area contributed by atoms with Crippen LogP contribution in [0.15, 0.2) is 36.4 Å². The molecule has 2 aromatic rings. The molecule has 132 valence electrons. The van der Waals surface area contributed by atoms with Crippen LogP contribution < -0.4 is 24.7 Å². The van der Waals surface area contributed by atoms with Gasteiger partial charge in [0.15, 0.2) is 17.3 Å². The molecular formula is C19H21NO5. The van der Waals surface area contributed by atoms with Crippen LogP contribution in [0.4, 0.5) is 5.69 Å². The minimum Gasteiger partial charge on any atom is -0.495 e. The summed E-state index contributed by atoms with van der Waals surface area (Å²) in [5.74, 6) is 1.68. The highest BCUT2D eigenvalue weighted by Gasteiger charge is 2.15. The van der Waals surface area contributed by atoms with E-state index in [4.69, 9.17) is 24.7 Å². The fourth-order valence-electron chi connectivity index (χ4n) is 2.35. The topological polar surface area (TPSA) is 80.0 Å². The molecule has 6 heteroatoms. The van der Waals surface area contributed by atoms with Crippen molar-refractivity contribution >= 4 is 17.5 Å². The fourth-order valence-corrected chi connectivity index (χ4v) is 2.35. The van der Waals surface area contributed by atoms with E-state index in [2.05, 4.69) is 0 Å². The van der Waals surface area contributed by atoms with Gasteiger partial charge in [0.05, 0.1) is 34.1 Å². The molecule has 0 aliphatic heterocycles. The SMILES string of the molecule is COc1ccc(/C=C/C(=O)c2cc(OC)c(OC)c(OC)c2)cc1N. The van der Waals surface area contributed by atoms with Crippen molar-refractivity contribution in [2.75, 3.05) is 34.2 Å². The number of methoxy groups -OCH3 is 4. The summed E-state index contributed by atoms with van der Waals surface area (Å²) in [7, 11) is 6.06. The molecule has 0 fully saturated rings. The van der Waals surface area contributed by atoms with Gasteiger partial charge in [-0.3, -0.25) is 4.79 Å². The number of rotatable bonds is 7. The van der Waals surface area contributed by atoms with E-state index in [1.165, 1.54) is 27.4 Å². The van der Waals surface area contributed by atoms with Crippen molar-refractivity contribution in [1.82, 2.24) is 0 Å². The molecule has 0 heterocycles. The van der Waals surface area contributed by atoms with Gasteiger partial charge in [0.1, 0.15) is 5.75 Å². The smallest absolute Gasteiger partial charge is 0.203 e. The first-order chi connectivity index (χ1) is 12.0. The zero-order chi connectivity index (χ0) is 18.4. The quantitative estimate of drug-likeness (QED) is 0.472. The van der Waals surface area contributed by atoms with Gasteiger partial charge in [-0.2, -0.15) is 0 Å². The van der Waals surface area contributed by atoms with E-state index in [0.29, 0.717) is 34.2 Å². The van der Waals surface area contributed by atoms with Crippen LogP contribution in [-0.2, 0) is 0 Å². The van der Waals surface area contributed by atoms with Gasteiger partial charge in [-0.15, -0.1) is 0 Å². The number of hydrogen-bond donors (Lipinski definition) is 1. The van der Waals surface area contributed by atoms with Crippen LogP contribution in [0.5, 0.6) is 23.0 Å². The predicted molar refractivity (Wildman–Crippen MR) is 96.9 cm³/mol. The van der Waals surface area contributed by atoms with Gasteiger partial charge in [-0.05, 0) is 35.9 Å². The lowest BCUT2D eigenvalue weighted by Gasteiger charge is -2.13. The third-order valence-corrected chi connectivity index (χ3v) is 3.63. The molecule has 2 aromatic carbocycles. The van der Waals surface area contributed by atoms with E-state index in [1.54, 1.807) is 37.5 Å². The minimum atomic E-state index is -0.200. The Morgan fingerprint density at radius 1 is 0.880 bits per heavy atom. The van der Waals surface area contributed by atoms with E-state index < -0.39 is 0 Å². The minimum absolute atomic E-state index is 0.200. The molecular weight excluding hydrogens is 322 g/mol. The molecule has 0 radical (unpaired) electrons. The average Bonchev–Trinajstić information content (AvgIpc) is 2.64. The van der Waals surface area contributed by atoms with Gasteiger partial charge in [-0.25, -0.2) is 0 Å². The molecule has 6 nitrogen and oxygen atoms in total. The van der Waals surface area contributed by atoms with E-state index >= 15 is 0 Å². The highest BCUT2D eigenvalue weighted by molar-refractivity contribution is 6.07. The van der Waals surface area contributed by atoms with Gasteiger partial charge >= 0.3 is 0 Å². The van der Waals surface area contributed by atoms with Crippen LogP contribution in [-0.4, -0.2) is 34.2 Å².